The van der Waals surface area contributed by atoms with Crippen molar-refractivity contribution in [2.45, 2.75) is 52.9 Å². The lowest BCUT2D eigenvalue weighted by atomic mass is 9.81. The number of aliphatic carboxylic acids is 1. The van der Waals surface area contributed by atoms with E-state index in [2.05, 4.69) is 12.2 Å². The van der Waals surface area contributed by atoms with E-state index in [1.807, 2.05) is 13.8 Å². The highest BCUT2D eigenvalue weighted by Crippen LogP contribution is 2.58. The van der Waals surface area contributed by atoms with Crippen molar-refractivity contribution >= 4 is 11.9 Å². The summed E-state index contributed by atoms with van der Waals surface area (Å²) < 4.78 is 0. The second-order valence-corrected chi connectivity index (χ2v) is 7.33. The zero-order valence-corrected chi connectivity index (χ0v) is 12.8. The van der Waals surface area contributed by atoms with Gasteiger partial charge < -0.3 is 10.4 Å². The Morgan fingerprint density at radius 3 is 2.50 bits per heavy atom. The average Bonchev–Trinajstić information content (AvgIpc) is 2.92. The Morgan fingerprint density at radius 1 is 1.25 bits per heavy atom. The maximum absolute atomic E-state index is 12.1. The Bertz CT molecular complexity index is 391. The number of hydrogen-bond donors (Lipinski definition) is 2. The molecule has 0 aliphatic heterocycles. The van der Waals surface area contributed by atoms with Crippen LogP contribution in [0.15, 0.2) is 0 Å². The molecule has 0 heterocycles. The third-order valence-electron chi connectivity index (χ3n) is 5.27. The second-order valence-electron chi connectivity index (χ2n) is 7.33. The first-order valence-corrected chi connectivity index (χ1v) is 7.84. The van der Waals surface area contributed by atoms with E-state index in [4.69, 9.17) is 5.11 Å². The summed E-state index contributed by atoms with van der Waals surface area (Å²) in [7, 11) is 0. The molecule has 2 fully saturated rings. The molecule has 0 aromatic heterocycles. The van der Waals surface area contributed by atoms with Gasteiger partial charge in [0.15, 0.2) is 0 Å². The molecule has 2 rings (SSSR count). The Labute approximate surface area is 121 Å². The minimum atomic E-state index is -0.851. The van der Waals surface area contributed by atoms with Gasteiger partial charge in [-0.2, -0.15) is 0 Å². The first-order chi connectivity index (χ1) is 9.34. The van der Waals surface area contributed by atoms with Crippen molar-refractivity contribution in [2.75, 3.05) is 6.54 Å². The number of carbonyl (C=O) groups excluding carboxylic acids is 1. The highest BCUT2D eigenvalue weighted by Gasteiger charge is 2.65. The van der Waals surface area contributed by atoms with Crippen molar-refractivity contribution in [2.24, 2.45) is 29.1 Å². The summed E-state index contributed by atoms with van der Waals surface area (Å²) in [5, 5.41) is 12.0. The first kappa shape index (κ1) is 15.3. The Balaban J connectivity index is 1.72. The Kier molecular flexibility index (Phi) is 4.40. The van der Waals surface area contributed by atoms with Crippen molar-refractivity contribution in [3.63, 3.8) is 0 Å². The molecule has 2 unspecified atom stereocenters. The summed E-state index contributed by atoms with van der Waals surface area (Å²) in [6.07, 6.45) is 6.20. The van der Waals surface area contributed by atoms with Crippen molar-refractivity contribution in [1.82, 2.24) is 5.32 Å². The maximum atomic E-state index is 12.1. The summed E-state index contributed by atoms with van der Waals surface area (Å²) in [6.45, 7) is 6.71. The van der Waals surface area contributed by atoms with E-state index in [9.17, 15) is 9.59 Å². The fourth-order valence-corrected chi connectivity index (χ4v) is 3.92. The van der Waals surface area contributed by atoms with E-state index >= 15 is 0 Å². The first-order valence-electron chi connectivity index (χ1n) is 7.84. The smallest absolute Gasteiger partial charge is 0.307 e. The number of carbonyl (C=O) groups is 2. The van der Waals surface area contributed by atoms with Crippen molar-refractivity contribution in [1.29, 1.82) is 0 Å². The summed E-state index contributed by atoms with van der Waals surface area (Å²) in [5.74, 6) is -0.269. The molecule has 20 heavy (non-hydrogen) atoms. The van der Waals surface area contributed by atoms with Crippen LogP contribution in [0, 0.1) is 29.1 Å². The van der Waals surface area contributed by atoms with Gasteiger partial charge in [-0.15, -0.1) is 0 Å². The lowest BCUT2D eigenvalue weighted by Gasteiger charge is -2.26. The van der Waals surface area contributed by atoms with Crippen LogP contribution in [-0.4, -0.2) is 23.5 Å². The van der Waals surface area contributed by atoms with E-state index < -0.39 is 17.3 Å². The molecule has 0 saturated heterocycles. The third-order valence-corrected chi connectivity index (χ3v) is 5.27. The molecule has 0 aromatic rings. The molecule has 2 N–H and O–H groups in total. The second kappa shape index (κ2) is 5.74. The maximum Gasteiger partial charge on any atom is 0.307 e. The lowest BCUT2D eigenvalue weighted by Crippen LogP contribution is -2.30. The third kappa shape index (κ3) is 3.15. The summed E-state index contributed by atoms with van der Waals surface area (Å²) in [6, 6.07) is 0. The van der Waals surface area contributed by atoms with Crippen molar-refractivity contribution < 1.29 is 14.7 Å². The van der Waals surface area contributed by atoms with Gasteiger partial charge >= 0.3 is 5.97 Å². The van der Waals surface area contributed by atoms with E-state index in [0.717, 1.165) is 18.3 Å². The Morgan fingerprint density at radius 2 is 1.95 bits per heavy atom. The molecule has 0 radical (unpaired) electrons. The molecule has 2 saturated carbocycles. The molecule has 2 aliphatic carbocycles. The van der Waals surface area contributed by atoms with E-state index in [1.165, 1.54) is 25.7 Å². The van der Waals surface area contributed by atoms with Crippen LogP contribution in [0.1, 0.15) is 52.9 Å². The molecule has 114 valence electrons. The molecule has 0 aromatic carbocycles. The van der Waals surface area contributed by atoms with Crippen molar-refractivity contribution in [3.8, 4) is 0 Å². The molecule has 4 nitrogen and oxygen atoms in total. The van der Waals surface area contributed by atoms with Crippen LogP contribution in [0.5, 0.6) is 0 Å². The quantitative estimate of drug-likeness (QED) is 0.814. The number of carboxylic acids is 1. The largest absolute Gasteiger partial charge is 0.481 e. The molecule has 1 amide bonds. The standard InChI is InChI=1S/C16H27NO3/c1-10-5-4-6-11(9-10)7-8-17-14(18)12-13(15(19)20)16(12,2)3/h10-13H,4-9H2,1-3H3,(H,17,18)(H,19,20)/t10?,11?,12-,13+/m1/s1. The van der Waals surface area contributed by atoms with Crippen LogP contribution in [0.2, 0.25) is 0 Å². The minimum Gasteiger partial charge on any atom is -0.481 e. The van der Waals surface area contributed by atoms with E-state index in [-0.39, 0.29) is 11.8 Å². The lowest BCUT2D eigenvalue weighted by molar-refractivity contribution is -0.140. The van der Waals surface area contributed by atoms with E-state index in [0.29, 0.717) is 6.54 Å². The van der Waals surface area contributed by atoms with E-state index in [1.54, 1.807) is 0 Å². The summed E-state index contributed by atoms with van der Waals surface area (Å²) >= 11 is 0. The zero-order chi connectivity index (χ0) is 14.9. The van der Waals surface area contributed by atoms with Gasteiger partial charge in [-0.05, 0) is 30.1 Å². The SMILES string of the molecule is CC1CCCC(CCNC(=O)[C@H]2[C@@H](C(=O)O)C2(C)C)C1. The average molecular weight is 281 g/mol. The molecule has 0 spiro atoms. The van der Waals surface area contributed by atoms with Gasteiger partial charge in [0, 0.05) is 6.54 Å². The van der Waals surface area contributed by atoms with Gasteiger partial charge in [0.25, 0.3) is 0 Å². The number of rotatable bonds is 5. The minimum absolute atomic E-state index is 0.0775. The van der Waals surface area contributed by atoms with Gasteiger partial charge in [-0.1, -0.05) is 40.0 Å². The fraction of sp³-hybridized carbons (Fsp3) is 0.875. The Hall–Kier alpha value is -1.06. The number of carboxylic acid groups (broad SMARTS) is 1. The molecular weight excluding hydrogens is 254 g/mol. The summed E-state index contributed by atoms with van der Waals surface area (Å²) in [5.41, 5.74) is -0.394. The van der Waals surface area contributed by atoms with Crippen LogP contribution in [0.3, 0.4) is 0 Å². The topological polar surface area (TPSA) is 66.4 Å². The van der Waals surface area contributed by atoms with Crippen LogP contribution < -0.4 is 5.32 Å². The molecule has 4 heteroatoms. The number of hydrogen-bond acceptors (Lipinski definition) is 2. The van der Waals surface area contributed by atoms with Gasteiger partial charge in [0.2, 0.25) is 5.91 Å². The van der Waals surface area contributed by atoms with Crippen LogP contribution >= 0.6 is 0 Å². The van der Waals surface area contributed by atoms with Gasteiger partial charge in [-0.3, -0.25) is 9.59 Å². The van der Waals surface area contributed by atoms with Crippen LogP contribution in [0.4, 0.5) is 0 Å². The highest BCUT2D eigenvalue weighted by molar-refractivity contribution is 5.91. The van der Waals surface area contributed by atoms with Gasteiger partial charge in [0.05, 0.1) is 11.8 Å². The van der Waals surface area contributed by atoms with Gasteiger partial charge in [0.1, 0.15) is 0 Å². The highest BCUT2D eigenvalue weighted by atomic mass is 16.4. The monoisotopic (exact) mass is 281 g/mol. The fourth-order valence-electron chi connectivity index (χ4n) is 3.92. The molecular formula is C16H27NO3. The zero-order valence-electron chi connectivity index (χ0n) is 12.8. The predicted molar refractivity (Wildman–Crippen MR) is 77.1 cm³/mol. The number of amides is 1. The van der Waals surface area contributed by atoms with Crippen LogP contribution in [0.25, 0.3) is 0 Å². The predicted octanol–water partition coefficient (Wildman–Crippen LogP) is 2.68. The molecule has 2 aliphatic rings. The molecule has 0 bridgehead atoms. The number of nitrogens with one attached hydrogen (secondary N) is 1. The van der Waals surface area contributed by atoms with Crippen molar-refractivity contribution in [3.05, 3.63) is 0 Å². The van der Waals surface area contributed by atoms with Gasteiger partial charge in [-0.25, -0.2) is 0 Å². The van der Waals surface area contributed by atoms with Crippen LogP contribution in [-0.2, 0) is 9.59 Å². The molecule has 4 atom stereocenters. The summed E-state index contributed by atoms with van der Waals surface area (Å²) in [4.78, 5) is 23.1. The normalized spacial score (nSPS) is 35.4.